The lowest BCUT2D eigenvalue weighted by Gasteiger charge is -2.38. The van der Waals surface area contributed by atoms with Gasteiger partial charge in [0.05, 0.1) is 0 Å². The van der Waals surface area contributed by atoms with E-state index in [4.69, 9.17) is 4.74 Å². The molecule has 1 saturated heterocycles. The second-order valence-corrected chi connectivity index (χ2v) is 3.87. The van der Waals surface area contributed by atoms with Gasteiger partial charge in [-0.1, -0.05) is 37.3 Å². The van der Waals surface area contributed by atoms with E-state index in [9.17, 15) is 4.79 Å². The average molecular weight is 190 g/mol. The third kappa shape index (κ3) is 1.41. The molecule has 1 heterocycles. The van der Waals surface area contributed by atoms with Crippen LogP contribution in [-0.2, 0) is 16.0 Å². The summed E-state index contributed by atoms with van der Waals surface area (Å²) < 4.78 is 4.87. The van der Waals surface area contributed by atoms with Crippen LogP contribution >= 0.6 is 0 Å². The van der Waals surface area contributed by atoms with Crippen molar-refractivity contribution >= 4 is 5.97 Å². The van der Waals surface area contributed by atoms with Gasteiger partial charge in [-0.2, -0.15) is 0 Å². The fourth-order valence-electron chi connectivity index (χ4n) is 1.82. The second-order valence-electron chi connectivity index (χ2n) is 3.87. The van der Waals surface area contributed by atoms with Gasteiger partial charge in [-0.25, -0.2) is 0 Å². The molecular formula is C12H14O2. The van der Waals surface area contributed by atoms with E-state index in [1.54, 1.807) is 0 Å². The molecule has 74 valence electrons. The number of hydrogen-bond donors (Lipinski definition) is 0. The lowest BCUT2D eigenvalue weighted by Crippen LogP contribution is -2.49. The van der Waals surface area contributed by atoms with Crippen molar-refractivity contribution in [2.75, 3.05) is 6.61 Å². The largest absolute Gasteiger partial charge is 0.464 e. The van der Waals surface area contributed by atoms with Gasteiger partial charge in [0.15, 0.2) is 0 Å². The van der Waals surface area contributed by atoms with Crippen LogP contribution in [0.5, 0.6) is 0 Å². The molecule has 0 N–H and O–H groups in total. The SMILES string of the molecule is CCC1(Cc2ccccc2)COC1=O. The first-order valence-electron chi connectivity index (χ1n) is 4.98. The van der Waals surface area contributed by atoms with Crippen molar-refractivity contribution in [3.8, 4) is 0 Å². The molecule has 2 heteroatoms. The number of carbonyl (C=O) groups excluding carboxylic acids is 1. The molecule has 1 aliphatic rings. The zero-order chi connectivity index (χ0) is 10.0. The summed E-state index contributed by atoms with van der Waals surface area (Å²) in [5.74, 6) is -0.0381. The van der Waals surface area contributed by atoms with E-state index in [1.165, 1.54) is 5.56 Å². The number of hydrogen-bond acceptors (Lipinski definition) is 2. The molecule has 1 aromatic carbocycles. The fourth-order valence-corrected chi connectivity index (χ4v) is 1.82. The lowest BCUT2D eigenvalue weighted by atomic mass is 9.77. The Balaban J connectivity index is 2.13. The molecular weight excluding hydrogens is 176 g/mol. The van der Waals surface area contributed by atoms with Crippen molar-refractivity contribution in [2.24, 2.45) is 5.41 Å². The van der Waals surface area contributed by atoms with E-state index in [-0.39, 0.29) is 11.4 Å². The molecule has 0 bridgehead atoms. The van der Waals surface area contributed by atoms with Crippen LogP contribution in [0, 0.1) is 5.41 Å². The van der Waals surface area contributed by atoms with Gasteiger partial charge in [-0.05, 0) is 18.4 Å². The van der Waals surface area contributed by atoms with E-state index in [1.807, 2.05) is 25.1 Å². The monoisotopic (exact) mass is 190 g/mol. The Labute approximate surface area is 83.9 Å². The lowest BCUT2D eigenvalue weighted by molar-refractivity contribution is -0.185. The maximum atomic E-state index is 11.4. The topological polar surface area (TPSA) is 26.3 Å². The summed E-state index contributed by atoms with van der Waals surface area (Å²) in [7, 11) is 0. The summed E-state index contributed by atoms with van der Waals surface area (Å²) in [5.41, 5.74) is 0.979. The minimum atomic E-state index is -0.235. The molecule has 2 rings (SSSR count). The van der Waals surface area contributed by atoms with Crippen LogP contribution in [0.3, 0.4) is 0 Å². The van der Waals surface area contributed by atoms with E-state index in [2.05, 4.69) is 12.1 Å². The summed E-state index contributed by atoms with van der Waals surface area (Å²) in [6, 6.07) is 10.1. The third-order valence-corrected chi connectivity index (χ3v) is 2.97. The summed E-state index contributed by atoms with van der Waals surface area (Å²) in [6.07, 6.45) is 1.67. The van der Waals surface area contributed by atoms with Crippen LogP contribution in [0.4, 0.5) is 0 Å². The third-order valence-electron chi connectivity index (χ3n) is 2.97. The number of rotatable bonds is 3. The Morgan fingerprint density at radius 1 is 1.36 bits per heavy atom. The summed E-state index contributed by atoms with van der Waals surface area (Å²) in [6.45, 7) is 2.63. The predicted molar refractivity (Wildman–Crippen MR) is 53.8 cm³/mol. The zero-order valence-electron chi connectivity index (χ0n) is 8.32. The molecule has 1 aromatic rings. The standard InChI is InChI=1S/C12H14O2/c1-2-12(9-14-11(12)13)8-10-6-4-3-5-7-10/h3-7H,2,8-9H2,1H3. The highest BCUT2D eigenvalue weighted by Crippen LogP contribution is 2.36. The van der Waals surface area contributed by atoms with Gasteiger partial charge in [-0.15, -0.1) is 0 Å². The Morgan fingerprint density at radius 3 is 2.50 bits per heavy atom. The van der Waals surface area contributed by atoms with E-state index < -0.39 is 0 Å². The minimum absolute atomic E-state index is 0.0381. The van der Waals surface area contributed by atoms with E-state index >= 15 is 0 Å². The minimum Gasteiger partial charge on any atom is -0.464 e. The van der Waals surface area contributed by atoms with Crippen molar-refractivity contribution in [3.05, 3.63) is 35.9 Å². The molecule has 0 amide bonds. The molecule has 1 atom stereocenters. The molecule has 0 aromatic heterocycles. The van der Waals surface area contributed by atoms with Gasteiger partial charge in [-0.3, -0.25) is 4.79 Å². The smallest absolute Gasteiger partial charge is 0.315 e. The van der Waals surface area contributed by atoms with Crippen molar-refractivity contribution in [3.63, 3.8) is 0 Å². The molecule has 1 fully saturated rings. The second kappa shape index (κ2) is 3.45. The summed E-state index contributed by atoms with van der Waals surface area (Å²) in [5, 5.41) is 0. The first-order chi connectivity index (χ1) is 6.77. The van der Waals surface area contributed by atoms with Crippen molar-refractivity contribution in [1.82, 2.24) is 0 Å². The molecule has 14 heavy (non-hydrogen) atoms. The van der Waals surface area contributed by atoms with Crippen molar-refractivity contribution in [2.45, 2.75) is 19.8 Å². The normalized spacial score (nSPS) is 25.4. The molecule has 0 aliphatic carbocycles. The highest BCUT2D eigenvalue weighted by Gasteiger charge is 2.47. The van der Waals surface area contributed by atoms with Gasteiger partial charge < -0.3 is 4.74 Å². The van der Waals surface area contributed by atoms with Crippen molar-refractivity contribution < 1.29 is 9.53 Å². The van der Waals surface area contributed by atoms with E-state index in [0.29, 0.717) is 6.61 Å². The first kappa shape index (κ1) is 9.25. The molecule has 2 nitrogen and oxygen atoms in total. The molecule has 1 unspecified atom stereocenters. The maximum absolute atomic E-state index is 11.4. The highest BCUT2D eigenvalue weighted by atomic mass is 16.6. The van der Waals surface area contributed by atoms with Gasteiger partial charge >= 0.3 is 5.97 Å². The molecule has 0 radical (unpaired) electrons. The Morgan fingerprint density at radius 2 is 2.07 bits per heavy atom. The van der Waals surface area contributed by atoms with Gasteiger partial charge in [0.25, 0.3) is 0 Å². The maximum Gasteiger partial charge on any atom is 0.315 e. The molecule has 0 saturated carbocycles. The number of cyclic esters (lactones) is 1. The number of esters is 1. The van der Waals surface area contributed by atoms with Crippen LogP contribution in [-0.4, -0.2) is 12.6 Å². The van der Waals surface area contributed by atoms with Gasteiger partial charge in [0.1, 0.15) is 12.0 Å². The van der Waals surface area contributed by atoms with E-state index in [0.717, 1.165) is 12.8 Å². The number of ether oxygens (including phenoxy) is 1. The quantitative estimate of drug-likeness (QED) is 0.683. The number of carbonyl (C=O) groups is 1. The highest BCUT2D eigenvalue weighted by molar-refractivity contribution is 5.82. The Hall–Kier alpha value is -1.31. The number of benzene rings is 1. The van der Waals surface area contributed by atoms with Crippen LogP contribution in [0.2, 0.25) is 0 Å². The fraction of sp³-hybridized carbons (Fsp3) is 0.417. The summed E-state index contributed by atoms with van der Waals surface area (Å²) in [4.78, 5) is 11.4. The van der Waals surface area contributed by atoms with Crippen LogP contribution in [0.25, 0.3) is 0 Å². The Kier molecular flexibility index (Phi) is 2.28. The van der Waals surface area contributed by atoms with Gasteiger partial charge in [0.2, 0.25) is 0 Å². The predicted octanol–water partition coefficient (Wildman–Crippen LogP) is 2.18. The molecule has 1 aliphatic heterocycles. The van der Waals surface area contributed by atoms with Crippen LogP contribution < -0.4 is 0 Å². The van der Waals surface area contributed by atoms with Crippen molar-refractivity contribution in [1.29, 1.82) is 0 Å². The Bertz CT molecular complexity index is 327. The molecule has 0 spiro atoms. The van der Waals surface area contributed by atoms with Crippen LogP contribution in [0.15, 0.2) is 30.3 Å². The average Bonchev–Trinajstić information content (AvgIpc) is 2.25. The first-order valence-corrected chi connectivity index (χ1v) is 4.98. The summed E-state index contributed by atoms with van der Waals surface area (Å²) >= 11 is 0. The van der Waals surface area contributed by atoms with Gasteiger partial charge in [0, 0.05) is 0 Å². The zero-order valence-corrected chi connectivity index (χ0v) is 8.32. The van der Waals surface area contributed by atoms with Crippen LogP contribution in [0.1, 0.15) is 18.9 Å².